The number of aromatic amines is 1. The van der Waals surface area contributed by atoms with Crippen LogP contribution in [0.1, 0.15) is 36.2 Å². The van der Waals surface area contributed by atoms with Crippen LogP contribution < -0.4 is 14.8 Å². The number of nitrogens with one attached hydrogen (secondary N) is 2. The van der Waals surface area contributed by atoms with E-state index in [1.807, 2.05) is 31.2 Å². The van der Waals surface area contributed by atoms with Crippen molar-refractivity contribution in [1.82, 2.24) is 15.2 Å². The molecule has 0 bridgehead atoms. The van der Waals surface area contributed by atoms with Gasteiger partial charge >= 0.3 is 6.18 Å². The number of rotatable bonds is 10. The van der Waals surface area contributed by atoms with E-state index in [0.29, 0.717) is 49.6 Å². The van der Waals surface area contributed by atoms with Gasteiger partial charge in [0.2, 0.25) is 0 Å². The smallest absolute Gasteiger partial charge is 0.401 e. The third-order valence-corrected chi connectivity index (χ3v) is 6.41. The Morgan fingerprint density at radius 2 is 1.94 bits per heavy atom. The van der Waals surface area contributed by atoms with Crippen molar-refractivity contribution in [1.29, 1.82) is 0 Å². The molecular weight excluding hydrogens is 462 g/mol. The minimum absolute atomic E-state index is 0.329. The van der Waals surface area contributed by atoms with Gasteiger partial charge in [0.25, 0.3) is 0 Å². The number of ether oxygens (including phenoxy) is 2. The predicted octanol–water partition coefficient (Wildman–Crippen LogP) is 5.40. The Bertz CT molecular complexity index is 1130. The molecule has 1 unspecified atom stereocenters. The summed E-state index contributed by atoms with van der Waals surface area (Å²) in [6.45, 7) is 1.95. The fourth-order valence-corrected chi connectivity index (χ4v) is 4.86. The van der Waals surface area contributed by atoms with Gasteiger partial charge in [-0.05, 0) is 50.1 Å². The summed E-state index contributed by atoms with van der Waals surface area (Å²) < 4.78 is 64.6. The normalized spacial score (nSPS) is 18.6. The van der Waals surface area contributed by atoms with Gasteiger partial charge in [-0.3, -0.25) is 9.29 Å². The molecule has 5 nitrogen and oxygen atoms in total. The summed E-state index contributed by atoms with van der Waals surface area (Å²) in [5.41, 5.74) is 3.35. The zero-order valence-electron chi connectivity index (χ0n) is 19.9. The summed E-state index contributed by atoms with van der Waals surface area (Å²) in [4.78, 5) is 4.89. The quantitative estimate of drug-likeness (QED) is 0.293. The molecule has 4 rings (SSSR count). The van der Waals surface area contributed by atoms with Crippen LogP contribution in [0.2, 0.25) is 0 Å². The van der Waals surface area contributed by atoms with Gasteiger partial charge in [-0.2, -0.15) is 13.2 Å². The molecule has 2 atom stereocenters. The molecule has 9 heteroatoms. The zero-order valence-corrected chi connectivity index (χ0v) is 19.9. The van der Waals surface area contributed by atoms with Gasteiger partial charge in [0.15, 0.2) is 0 Å². The summed E-state index contributed by atoms with van der Waals surface area (Å²) >= 11 is 0. The van der Waals surface area contributed by atoms with E-state index in [2.05, 4.69) is 10.3 Å². The monoisotopic (exact) mass is 493 g/mol. The highest BCUT2D eigenvalue weighted by molar-refractivity contribution is 5.85. The van der Waals surface area contributed by atoms with Crippen LogP contribution in [-0.2, 0) is 6.42 Å². The predicted molar refractivity (Wildman–Crippen MR) is 128 cm³/mol. The highest BCUT2D eigenvalue weighted by atomic mass is 19.4. The van der Waals surface area contributed by atoms with E-state index >= 15 is 0 Å². The van der Waals surface area contributed by atoms with E-state index in [-0.39, 0.29) is 12.7 Å². The SMILES string of the molecule is COc1cc(OCCNCCCF)ccc1C1c2[nH]c3ccccc3c2C[C@@H](C)N1CC(F)(F)F. The van der Waals surface area contributed by atoms with Gasteiger partial charge in [-0.1, -0.05) is 18.2 Å². The molecule has 2 N–H and O–H groups in total. The number of fused-ring (bicyclic) bond motifs is 3. The lowest BCUT2D eigenvalue weighted by Gasteiger charge is -2.41. The first kappa shape index (κ1) is 25.3. The van der Waals surface area contributed by atoms with Gasteiger partial charge in [0, 0.05) is 40.8 Å². The maximum absolute atomic E-state index is 13.7. The molecule has 190 valence electrons. The van der Waals surface area contributed by atoms with Crippen molar-refractivity contribution in [3.8, 4) is 11.5 Å². The molecule has 0 saturated heterocycles. The number of hydrogen-bond donors (Lipinski definition) is 2. The van der Waals surface area contributed by atoms with Gasteiger partial charge in [-0.25, -0.2) is 0 Å². The molecule has 1 aliphatic rings. The summed E-state index contributed by atoms with van der Waals surface area (Å²) in [7, 11) is 1.51. The first-order valence-corrected chi connectivity index (χ1v) is 11.8. The first-order chi connectivity index (χ1) is 16.8. The van der Waals surface area contributed by atoms with E-state index in [1.165, 1.54) is 12.0 Å². The van der Waals surface area contributed by atoms with E-state index in [4.69, 9.17) is 9.47 Å². The van der Waals surface area contributed by atoms with Crippen molar-refractivity contribution in [3.05, 3.63) is 59.3 Å². The molecule has 35 heavy (non-hydrogen) atoms. The van der Waals surface area contributed by atoms with Crippen molar-refractivity contribution in [2.45, 2.75) is 38.0 Å². The molecular formula is C26H31F4N3O2. The Morgan fingerprint density at radius 1 is 1.14 bits per heavy atom. The maximum Gasteiger partial charge on any atom is 0.401 e. The molecule has 0 aliphatic carbocycles. The fraction of sp³-hybridized carbons (Fsp3) is 0.462. The van der Waals surface area contributed by atoms with E-state index in [0.717, 1.165) is 22.2 Å². The largest absolute Gasteiger partial charge is 0.496 e. The van der Waals surface area contributed by atoms with Crippen molar-refractivity contribution in [2.24, 2.45) is 0 Å². The zero-order chi connectivity index (χ0) is 25.0. The number of hydrogen-bond acceptors (Lipinski definition) is 4. The summed E-state index contributed by atoms with van der Waals surface area (Å²) in [6, 6.07) is 12.1. The van der Waals surface area contributed by atoms with Gasteiger partial charge in [0.1, 0.15) is 18.1 Å². The molecule has 1 aliphatic heterocycles. The second-order valence-corrected chi connectivity index (χ2v) is 8.85. The molecule has 2 aromatic carbocycles. The highest BCUT2D eigenvalue weighted by Crippen LogP contribution is 2.45. The first-order valence-electron chi connectivity index (χ1n) is 11.8. The summed E-state index contributed by atoms with van der Waals surface area (Å²) in [5, 5.41) is 4.12. The molecule has 0 spiro atoms. The van der Waals surface area contributed by atoms with Crippen molar-refractivity contribution in [2.75, 3.05) is 40.0 Å². The van der Waals surface area contributed by atoms with Crippen molar-refractivity contribution < 1.29 is 27.0 Å². The van der Waals surface area contributed by atoms with Crippen LogP contribution in [0.5, 0.6) is 11.5 Å². The Morgan fingerprint density at radius 3 is 2.69 bits per heavy atom. The standard InChI is InChI=1S/C26H31F4N3O2/c1-17-14-21-19-6-3-4-7-22(19)32-24(21)25(33(17)16-26(28,29)30)20-9-8-18(15-23(20)34-2)35-13-12-31-11-5-10-27/h3-4,6-9,15,17,25,31-32H,5,10-14,16H2,1-2H3/t17-,25?/m1/s1. The second-order valence-electron chi connectivity index (χ2n) is 8.85. The van der Waals surface area contributed by atoms with Crippen molar-refractivity contribution in [3.63, 3.8) is 0 Å². The summed E-state index contributed by atoms with van der Waals surface area (Å²) in [6.07, 6.45) is -3.38. The van der Waals surface area contributed by atoms with Crippen molar-refractivity contribution >= 4 is 10.9 Å². The number of para-hydroxylation sites is 1. The second kappa shape index (κ2) is 10.9. The van der Waals surface area contributed by atoms with Crippen LogP contribution >= 0.6 is 0 Å². The fourth-order valence-electron chi connectivity index (χ4n) is 4.86. The topological polar surface area (TPSA) is 49.5 Å². The minimum atomic E-state index is -4.35. The third-order valence-electron chi connectivity index (χ3n) is 6.41. The highest BCUT2D eigenvalue weighted by Gasteiger charge is 2.42. The van der Waals surface area contributed by atoms with Crippen LogP contribution in [-0.4, -0.2) is 62.1 Å². The number of aromatic nitrogens is 1. The molecule has 0 radical (unpaired) electrons. The molecule has 3 aromatic rings. The van der Waals surface area contributed by atoms with Gasteiger partial charge in [0.05, 0.1) is 26.4 Å². The lowest BCUT2D eigenvalue weighted by Crippen LogP contribution is -2.47. The Kier molecular flexibility index (Phi) is 7.86. The van der Waals surface area contributed by atoms with Gasteiger partial charge in [-0.15, -0.1) is 0 Å². The minimum Gasteiger partial charge on any atom is -0.496 e. The molecule has 0 amide bonds. The Balaban J connectivity index is 1.68. The lowest BCUT2D eigenvalue weighted by atomic mass is 9.88. The van der Waals surface area contributed by atoms with Crippen LogP contribution in [0.15, 0.2) is 42.5 Å². The maximum atomic E-state index is 13.7. The summed E-state index contributed by atoms with van der Waals surface area (Å²) in [5.74, 6) is 1.02. The average Bonchev–Trinajstić information content (AvgIpc) is 3.19. The van der Waals surface area contributed by atoms with Crippen LogP contribution in [0.25, 0.3) is 10.9 Å². The number of nitrogens with zero attached hydrogens (tertiary/aromatic N) is 1. The Labute approximate surface area is 202 Å². The van der Waals surface area contributed by atoms with Crippen LogP contribution in [0.3, 0.4) is 0 Å². The number of H-pyrrole nitrogens is 1. The number of methoxy groups -OCH3 is 1. The number of alkyl halides is 4. The van der Waals surface area contributed by atoms with E-state index in [9.17, 15) is 17.6 Å². The number of halogens is 4. The average molecular weight is 494 g/mol. The van der Waals surface area contributed by atoms with Crippen LogP contribution in [0.4, 0.5) is 17.6 Å². The molecule has 0 fully saturated rings. The molecule has 1 aromatic heterocycles. The van der Waals surface area contributed by atoms with E-state index in [1.54, 1.807) is 18.2 Å². The molecule has 0 saturated carbocycles. The third kappa shape index (κ3) is 5.73. The van der Waals surface area contributed by atoms with Crippen LogP contribution in [0, 0.1) is 0 Å². The van der Waals surface area contributed by atoms with E-state index < -0.39 is 18.8 Å². The Hall–Kier alpha value is -2.78. The number of benzene rings is 2. The molecule has 2 heterocycles. The lowest BCUT2D eigenvalue weighted by molar-refractivity contribution is -0.155. The van der Waals surface area contributed by atoms with Gasteiger partial charge < -0.3 is 19.8 Å².